The molecule has 0 aliphatic heterocycles. The van der Waals surface area contributed by atoms with Crippen molar-refractivity contribution < 1.29 is 28.5 Å². The third-order valence-corrected chi connectivity index (χ3v) is 5.97. The summed E-state index contributed by atoms with van der Waals surface area (Å²) in [5.41, 5.74) is -1.27. The predicted octanol–water partition coefficient (Wildman–Crippen LogP) is 6.96. The van der Waals surface area contributed by atoms with Gasteiger partial charge in [0, 0.05) is 18.2 Å². The Balaban J connectivity index is 1.90. The van der Waals surface area contributed by atoms with E-state index >= 15 is 0 Å². The Labute approximate surface area is 226 Å². The fourth-order valence-corrected chi connectivity index (χ4v) is 3.72. The van der Waals surface area contributed by atoms with Crippen LogP contribution in [0.15, 0.2) is 95.2 Å². The molecule has 4 rings (SSSR count). The summed E-state index contributed by atoms with van der Waals surface area (Å²) in [7, 11) is 0. The lowest BCUT2D eigenvalue weighted by atomic mass is 10.1. The van der Waals surface area contributed by atoms with Gasteiger partial charge < -0.3 is 23.7 Å². The van der Waals surface area contributed by atoms with Crippen LogP contribution in [0.2, 0.25) is 0 Å². The Hall–Kier alpha value is -4.78. The van der Waals surface area contributed by atoms with Crippen LogP contribution in [0.1, 0.15) is 33.3 Å². The van der Waals surface area contributed by atoms with E-state index in [0.29, 0.717) is 0 Å². The first-order valence-electron chi connectivity index (χ1n) is 12.3. The molecule has 1 N–H and O–H groups in total. The fourth-order valence-electron chi connectivity index (χ4n) is 3.72. The van der Waals surface area contributed by atoms with Crippen LogP contribution in [0.5, 0.6) is 23.0 Å². The maximum atomic E-state index is 13.5. The van der Waals surface area contributed by atoms with E-state index in [2.05, 4.69) is 13.2 Å². The third-order valence-electron chi connectivity index (χ3n) is 5.97. The third kappa shape index (κ3) is 6.04. The summed E-state index contributed by atoms with van der Waals surface area (Å²) in [5.74, 6) is -0.669. The van der Waals surface area contributed by atoms with Crippen LogP contribution >= 0.6 is 0 Å². The molecule has 4 aromatic rings. The number of rotatable bonds is 9. The Morgan fingerprint density at radius 2 is 1.62 bits per heavy atom. The smallest absolute Gasteiger partial charge is 0.336 e. The van der Waals surface area contributed by atoms with E-state index in [4.69, 9.17) is 18.6 Å². The molecule has 0 aliphatic carbocycles. The van der Waals surface area contributed by atoms with E-state index in [1.807, 2.05) is 30.3 Å². The molecule has 0 radical (unpaired) electrons. The van der Waals surface area contributed by atoms with Crippen LogP contribution in [-0.2, 0) is 4.79 Å². The molecule has 0 fully saturated rings. The van der Waals surface area contributed by atoms with Gasteiger partial charge in [-0.25, -0.2) is 4.79 Å². The average Bonchev–Trinajstić information content (AvgIpc) is 2.89. The zero-order chi connectivity index (χ0) is 28.4. The molecule has 0 amide bonds. The highest BCUT2D eigenvalue weighted by Crippen LogP contribution is 2.40. The average molecular weight is 527 g/mol. The SMILES string of the molecule is C=CC(C)(C)Oc1cc(O)c2c(=O)c3ccc(OC(C)(C)C=C)c(OC(=O)/C=C/c4ccccc4)c3oc2c1. The van der Waals surface area contributed by atoms with Gasteiger partial charge in [-0.3, -0.25) is 4.79 Å². The van der Waals surface area contributed by atoms with Gasteiger partial charge in [0.15, 0.2) is 11.3 Å². The normalized spacial score (nSPS) is 12.0. The standard InChI is InChI=1S/C32H30O7/c1-7-31(3,4)38-21-18-23(33)27-25(19-21)36-29-22(28(27)35)15-16-24(39-32(5,6)8-2)30(29)37-26(34)17-14-20-12-10-9-11-13-20/h7-19,33H,1-2H2,3-6H3/b17-14+. The van der Waals surface area contributed by atoms with Gasteiger partial charge >= 0.3 is 5.97 Å². The van der Waals surface area contributed by atoms with Crippen molar-refractivity contribution in [2.75, 3.05) is 0 Å². The first kappa shape index (κ1) is 27.3. The number of esters is 1. The van der Waals surface area contributed by atoms with Crippen molar-refractivity contribution in [1.29, 1.82) is 0 Å². The minimum atomic E-state index is -0.832. The van der Waals surface area contributed by atoms with Gasteiger partial charge in [-0.1, -0.05) is 43.5 Å². The Morgan fingerprint density at radius 1 is 0.949 bits per heavy atom. The molecular weight excluding hydrogens is 496 g/mol. The van der Waals surface area contributed by atoms with Crippen molar-refractivity contribution in [2.24, 2.45) is 0 Å². The molecule has 0 bridgehead atoms. The van der Waals surface area contributed by atoms with Gasteiger partial charge in [0.25, 0.3) is 0 Å². The van der Waals surface area contributed by atoms with Gasteiger partial charge in [-0.15, -0.1) is 0 Å². The number of hydrogen-bond donors (Lipinski definition) is 1. The number of hydrogen-bond acceptors (Lipinski definition) is 7. The minimum absolute atomic E-state index is 0.0224. The molecular formula is C32H30O7. The second-order valence-electron chi connectivity index (χ2n) is 10.0. The molecule has 0 atom stereocenters. The summed E-state index contributed by atoms with van der Waals surface area (Å²) < 4.78 is 23.8. The number of carbonyl (C=O) groups excluding carboxylic acids is 1. The summed E-state index contributed by atoms with van der Waals surface area (Å²) in [6.07, 6.45) is 6.08. The fraction of sp³-hybridized carbons (Fsp3) is 0.188. The van der Waals surface area contributed by atoms with E-state index in [-0.39, 0.29) is 44.9 Å². The lowest BCUT2D eigenvalue weighted by Gasteiger charge is -2.24. The van der Waals surface area contributed by atoms with Crippen LogP contribution in [0.25, 0.3) is 28.0 Å². The van der Waals surface area contributed by atoms with E-state index < -0.39 is 22.6 Å². The van der Waals surface area contributed by atoms with Crippen LogP contribution in [0.3, 0.4) is 0 Å². The highest BCUT2D eigenvalue weighted by atomic mass is 16.6. The summed E-state index contributed by atoms with van der Waals surface area (Å²) >= 11 is 0. The molecule has 7 nitrogen and oxygen atoms in total. The summed E-state index contributed by atoms with van der Waals surface area (Å²) in [6, 6.07) is 15.1. The molecule has 200 valence electrons. The van der Waals surface area contributed by atoms with Gasteiger partial charge in [0.05, 0.1) is 5.39 Å². The molecule has 0 aliphatic rings. The van der Waals surface area contributed by atoms with Crippen molar-refractivity contribution in [1.82, 2.24) is 0 Å². The molecule has 0 spiro atoms. The van der Waals surface area contributed by atoms with Gasteiger partial charge in [-0.2, -0.15) is 0 Å². The number of aromatic hydroxyl groups is 1. The monoisotopic (exact) mass is 526 g/mol. The number of benzene rings is 3. The first-order chi connectivity index (χ1) is 18.4. The Morgan fingerprint density at radius 3 is 2.28 bits per heavy atom. The van der Waals surface area contributed by atoms with Crippen molar-refractivity contribution in [3.05, 3.63) is 102 Å². The highest BCUT2D eigenvalue weighted by Gasteiger charge is 2.25. The first-order valence-corrected chi connectivity index (χ1v) is 12.3. The second kappa shape index (κ2) is 10.5. The van der Waals surface area contributed by atoms with Crippen molar-refractivity contribution in [2.45, 2.75) is 38.9 Å². The molecule has 7 heteroatoms. The predicted molar refractivity (Wildman–Crippen MR) is 153 cm³/mol. The summed E-state index contributed by atoms with van der Waals surface area (Å²) in [5, 5.41) is 10.8. The maximum Gasteiger partial charge on any atom is 0.336 e. The largest absolute Gasteiger partial charge is 0.507 e. The number of carbonyl (C=O) groups is 1. The van der Waals surface area contributed by atoms with E-state index in [1.54, 1.807) is 45.9 Å². The van der Waals surface area contributed by atoms with Crippen molar-refractivity contribution >= 4 is 34.0 Å². The molecule has 3 aromatic carbocycles. The second-order valence-corrected chi connectivity index (χ2v) is 10.0. The minimum Gasteiger partial charge on any atom is -0.507 e. The number of phenols is 1. The van der Waals surface area contributed by atoms with E-state index in [0.717, 1.165) is 5.56 Å². The van der Waals surface area contributed by atoms with Gasteiger partial charge in [0.1, 0.15) is 33.7 Å². The van der Waals surface area contributed by atoms with Crippen LogP contribution < -0.4 is 19.6 Å². The number of phenolic OH excluding ortho intramolecular Hbond substituents is 1. The van der Waals surface area contributed by atoms with Gasteiger partial charge in [-0.05, 0) is 63.6 Å². The van der Waals surface area contributed by atoms with Crippen molar-refractivity contribution in [3.63, 3.8) is 0 Å². The number of fused-ring (bicyclic) bond motifs is 2. The highest BCUT2D eigenvalue weighted by molar-refractivity contribution is 5.98. The molecule has 0 saturated heterocycles. The van der Waals surface area contributed by atoms with E-state index in [9.17, 15) is 14.7 Å². The molecule has 1 heterocycles. The Kier molecular flexibility index (Phi) is 7.36. The van der Waals surface area contributed by atoms with Crippen LogP contribution in [-0.4, -0.2) is 22.3 Å². The molecule has 0 saturated carbocycles. The summed E-state index contributed by atoms with van der Waals surface area (Å²) in [4.78, 5) is 26.4. The summed E-state index contributed by atoms with van der Waals surface area (Å²) in [6.45, 7) is 14.7. The zero-order valence-electron chi connectivity index (χ0n) is 22.3. The van der Waals surface area contributed by atoms with Crippen LogP contribution in [0, 0.1) is 0 Å². The quantitative estimate of drug-likeness (QED) is 0.0828. The zero-order valence-corrected chi connectivity index (χ0v) is 22.3. The molecule has 39 heavy (non-hydrogen) atoms. The Bertz CT molecular complexity index is 1660. The maximum absolute atomic E-state index is 13.5. The lowest BCUT2D eigenvalue weighted by Crippen LogP contribution is -2.25. The van der Waals surface area contributed by atoms with Gasteiger partial charge in [0.2, 0.25) is 11.2 Å². The number of ether oxygens (including phenoxy) is 3. The molecule has 1 aromatic heterocycles. The topological polar surface area (TPSA) is 95.2 Å². The van der Waals surface area contributed by atoms with Crippen LogP contribution in [0.4, 0.5) is 0 Å². The molecule has 0 unspecified atom stereocenters. The van der Waals surface area contributed by atoms with E-state index in [1.165, 1.54) is 30.3 Å². The van der Waals surface area contributed by atoms with Crippen molar-refractivity contribution in [3.8, 4) is 23.0 Å². The lowest BCUT2D eigenvalue weighted by molar-refractivity contribution is -0.129.